The number of anilines is 1. The molecule has 1 N–H and O–H groups in total. The van der Waals surface area contributed by atoms with Crippen molar-refractivity contribution in [2.75, 3.05) is 30.8 Å². The van der Waals surface area contributed by atoms with Gasteiger partial charge in [-0.05, 0) is 49.8 Å². The molecule has 0 aromatic heterocycles. The van der Waals surface area contributed by atoms with Gasteiger partial charge in [0.2, 0.25) is 21.8 Å². The number of sulfonamides is 1. The van der Waals surface area contributed by atoms with E-state index in [0.717, 1.165) is 37.5 Å². The number of para-hydroxylation sites is 2. The summed E-state index contributed by atoms with van der Waals surface area (Å²) in [5.74, 6) is 0.193. The van der Waals surface area contributed by atoms with E-state index in [9.17, 15) is 18.0 Å². The first-order valence-electron chi connectivity index (χ1n) is 13.5. The van der Waals surface area contributed by atoms with E-state index < -0.39 is 16.1 Å². The van der Waals surface area contributed by atoms with Crippen LogP contribution < -0.4 is 14.4 Å². The maximum atomic E-state index is 13.6. The van der Waals surface area contributed by atoms with E-state index in [1.165, 1.54) is 11.4 Å². The minimum atomic E-state index is -3.60. The molecule has 0 saturated heterocycles. The van der Waals surface area contributed by atoms with Crippen molar-refractivity contribution in [2.45, 2.75) is 70.4 Å². The zero-order valence-corrected chi connectivity index (χ0v) is 23.6. The molecule has 1 aliphatic rings. The Morgan fingerprint density at radius 1 is 1.03 bits per heavy atom. The molecule has 1 fully saturated rings. The lowest BCUT2D eigenvalue weighted by Crippen LogP contribution is -2.52. The highest BCUT2D eigenvalue weighted by Gasteiger charge is 2.30. The van der Waals surface area contributed by atoms with Crippen molar-refractivity contribution in [1.82, 2.24) is 10.2 Å². The molecule has 1 saturated carbocycles. The Bertz CT molecular complexity index is 1150. The SMILES string of the molecule is CC[C@@H](C(=O)NC1CCCC1)N(CCc1ccccc1)C(=O)CCCN(c1ccccc1OC)S(C)(=O)=O. The van der Waals surface area contributed by atoms with Crippen molar-refractivity contribution >= 4 is 27.5 Å². The first-order chi connectivity index (χ1) is 18.2. The van der Waals surface area contributed by atoms with Crippen LogP contribution in [0.15, 0.2) is 54.6 Å². The predicted molar refractivity (Wildman–Crippen MR) is 151 cm³/mol. The molecule has 0 spiro atoms. The van der Waals surface area contributed by atoms with Gasteiger partial charge in [0.05, 0.1) is 19.1 Å². The molecule has 2 aromatic carbocycles. The first kappa shape index (κ1) is 29.5. The molecule has 9 heteroatoms. The number of nitrogens with zero attached hydrogens (tertiary/aromatic N) is 2. The zero-order valence-electron chi connectivity index (χ0n) is 22.8. The summed E-state index contributed by atoms with van der Waals surface area (Å²) in [4.78, 5) is 28.5. The van der Waals surface area contributed by atoms with E-state index in [4.69, 9.17) is 4.74 Å². The number of carbonyl (C=O) groups is 2. The van der Waals surface area contributed by atoms with Crippen LogP contribution in [0.3, 0.4) is 0 Å². The monoisotopic (exact) mass is 543 g/mol. The lowest BCUT2D eigenvalue weighted by atomic mass is 10.1. The van der Waals surface area contributed by atoms with Gasteiger partial charge in [-0.1, -0.05) is 62.2 Å². The Hall–Kier alpha value is -3.07. The van der Waals surface area contributed by atoms with Crippen LogP contribution in [0.2, 0.25) is 0 Å². The number of methoxy groups -OCH3 is 1. The number of nitrogens with one attached hydrogen (secondary N) is 1. The van der Waals surface area contributed by atoms with Crippen molar-refractivity contribution in [2.24, 2.45) is 0 Å². The van der Waals surface area contributed by atoms with Crippen LogP contribution in [-0.2, 0) is 26.0 Å². The topological polar surface area (TPSA) is 96.0 Å². The number of hydrogen-bond acceptors (Lipinski definition) is 5. The number of hydrogen-bond donors (Lipinski definition) is 1. The molecule has 0 unspecified atom stereocenters. The highest BCUT2D eigenvalue weighted by atomic mass is 32.2. The molecular weight excluding hydrogens is 502 g/mol. The molecule has 3 rings (SSSR count). The molecule has 208 valence electrons. The Balaban J connectivity index is 1.73. The summed E-state index contributed by atoms with van der Waals surface area (Å²) in [6.07, 6.45) is 6.91. The van der Waals surface area contributed by atoms with Crippen molar-refractivity contribution in [3.8, 4) is 5.75 Å². The second-order valence-electron chi connectivity index (χ2n) is 9.85. The van der Waals surface area contributed by atoms with Gasteiger partial charge in [0.1, 0.15) is 11.8 Å². The fraction of sp³-hybridized carbons (Fsp3) is 0.517. The number of benzene rings is 2. The first-order valence-corrected chi connectivity index (χ1v) is 15.3. The summed E-state index contributed by atoms with van der Waals surface area (Å²) >= 11 is 0. The predicted octanol–water partition coefficient (Wildman–Crippen LogP) is 4.15. The van der Waals surface area contributed by atoms with Gasteiger partial charge in [0, 0.05) is 25.6 Å². The third kappa shape index (κ3) is 8.21. The maximum Gasteiger partial charge on any atom is 0.243 e. The highest BCUT2D eigenvalue weighted by molar-refractivity contribution is 7.92. The van der Waals surface area contributed by atoms with Crippen LogP contribution in [0.5, 0.6) is 5.75 Å². The van der Waals surface area contributed by atoms with Crippen LogP contribution >= 0.6 is 0 Å². The molecule has 1 aliphatic carbocycles. The Morgan fingerprint density at radius 3 is 2.32 bits per heavy atom. The third-order valence-corrected chi connectivity index (χ3v) is 8.26. The molecule has 2 amide bonds. The summed E-state index contributed by atoms with van der Waals surface area (Å²) in [5.41, 5.74) is 1.53. The average molecular weight is 544 g/mol. The summed E-state index contributed by atoms with van der Waals surface area (Å²) in [5, 5.41) is 3.16. The summed E-state index contributed by atoms with van der Waals surface area (Å²) in [6.45, 7) is 2.47. The third-order valence-electron chi connectivity index (χ3n) is 7.08. The van der Waals surface area contributed by atoms with Crippen LogP contribution in [0.25, 0.3) is 0 Å². The zero-order chi connectivity index (χ0) is 27.5. The molecule has 2 aromatic rings. The Kier molecular flexibility index (Phi) is 11.0. The van der Waals surface area contributed by atoms with Gasteiger partial charge in [-0.3, -0.25) is 13.9 Å². The molecule has 1 atom stereocenters. The molecule has 0 bridgehead atoms. The fourth-order valence-electron chi connectivity index (χ4n) is 5.08. The van der Waals surface area contributed by atoms with Gasteiger partial charge >= 0.3 is 0 Å². The lowest BCUT2D eigenvalue weighted by Gasteiger charge is -2.32. The van der Waals surface area contributed by atoms with Gasteiger partial charge in [-0.2, -0.15) is 0 Å². The largest absolute Gasteiger partial charge is 0.495 e. The van der Waals surface area contributed by atoms with Gasteiger partial charge in [0.25, 0.3) is 0 Å². The minimum Gasteiger partial charge on any atom is -0.495 e. The van der Waals surface area contributed by atoms with Crippen LogP contribution in [0.4, 0.5) is 5.69 Å². The molecular formula is C29H41N3O5S. The van der Waals surface area contributed by atoms with E-state index in [1.54, 1.807) is 29.2 Å². The number of carbonyl (C=O) groups excluding carboxylic acids is 2. The maximum absolute atomic E-state index is 13.6. The number of ether oxygens (including phenoxy) is 1. The Labute approximate surface area is 227 Å². The Morgan fingerprint density at radius 2 is 1.68 bits per heavy atom. The summed E-state index contributed by atoms with van der Waals surface area (Å²) in [6, 6.07) is 16.4. The number of rotatable bonds is 14. The van der Waals surface area contributed by atoms with E-state index in [-0.39, 0.29) is 30.8 Å². The lowest BCUT2D eigenvalue weighted by molar-refractivity contribution is -0.141. The van der Waals surface area contributed by atoms with Crippen molar-refractivity contribution in [3.63, 3.8) is 0 Å². The van der Waals surface area contributed by atoms with Crippen molar-refractivity contribution in [1.29, 1.82) is 0 Å². The van der Waals surface area contributed by atoms with Gasteiger partial charge in [0.15, 0.2) is 0 Å². The molecule has 0 aliphatic heterocycles. The van der Waals surface area contributed by atoms with E-state index in [1.807, 2.05) is 37.3 Å². The van der Waals surface area contributed by atoms with Gasteiger partial charge < -0.3 is 15.0 Å². The van der Waals surface area contributed by atoms with Crippen molar-refractivity contribution in [3.05, 3.63) is 60.2 Å². The van der Waals surface area contributed by atoms with E-state index >= 15 is 0 Å². The summed E-state index contributed by atoms with van der Waals surface area (Å²) in [7, 11) is -2.10. The van der Waals surface area contributed by atoms with E-state index in [2.05, 4.69) is 5.32 Å². The van der Waals surface area contributed by atoms with Gasteiger partial charge in [-0.25, -0.2) is 8.42 Å². The molecule has 0 radical (unpaired) electrons. The fourth-order valence-corrected chi connectivity index (χ4v) is 6.05. The molecule has 38 heavy (non-hydrogen) atoms. The van der Waals surface area contributed by atoms with Gasteiger partial charge in [-0.15, -0.1) is 0 Å². The second-order valence-corrected chi connectivity index (χ2v) is 11.8. The normalized spacial score (nSPS) is 14.6. The average Bonchev–Trinajstić information content (AvgIpc) is 3.41. The van der Waals surface area contributed by atoms with Crippen LogP contribution in [0.1, 0.15) is 57.4 Å². The summed E-state index contributed by atoms with van der Waals surface area (Å²) < 4.78 is 31.8. The minimum absolute atomic E-state index is 0.104. The van der Waals surface area contributed by atoms with Crippen molar-refractivity contribution < 1.29 is 22.7 Å². The molecule has 8 nitrogen and oxygen atoms in total. The standard InChI is InChI=1S/C29H41N3O5S/c1-4-25(29(34)30-24-15-8-9-16-24)31(22-20-23-13-6-5-7-14-23)28(33)19-12-21-32(38(3,35)36)26-17-10-11-18-27(26)37-2/h5-7,10-11,13-14,17-18,24-25H,4,8-9,12,15-16,19-22H2,1-3H3,(H,30,34)/t25-/m0/s1. The highest BCUT2D eigenvalue weighted by Crippen LogP contribution is 2.30. The van der Waals surface area contributed by atoms with Crippen LogP contribution in [-0.4, -0.2) is 63.7 Å². The quantitative estimate of drug-likeness (QED) is 0.386. The number of amides is 2. The van der Waals surface area contributed by atoms with E-state index in [0.29, 0.717) is 37.2 Å². The van der Waals surface area contributed by atoms with Crippen LogP contribution in [0, 0.1) is 0 Å². The molecule has 0 heterocycles. The second kappa shape index (κ2) is 14.2. The smallest absolute Gasteiger partial charge is 0.243 e.